The van der Waals surface area contributed by atoms with Crippen LogP contribution in [0.3, 0.4) is 0 Å². The van der Waals surface area contributed by atoms with Gasteiger partial charge in [0.2, 0.25) is 0 Å². The average molecular weight is 208 g/mol. The first-order chi connectivity index (χ1) is 7.13. The Bertz CT molecular complexity index is 287. The van der Waals surface area contributed by atoms with E-state index < -0.39 is 0 Å². The second kappa shape index (κ2) is 5.56. The van der Waals surface area contributed by atoms with Crippen LogP contribution >= 0.6 is 0 Å². The minimum absolute atomic E-state index is 0.242. The van der Waals surface area contributed by atoms with Crippen LogP contribution in [-0.4, -0.2) is 30.2 Å². The van der Waals surface area contributed by atoms with E-state index in [-0.39, 0.29) is 5.82 Å². The topological polar surface area (TPSA) is 67.6 Å². The third-order valence-corrected chi connectivity index (χ3v) is 2.62. The molecule has 0 aliphatic carbocycles. The van der Waals surface area contributed by atoms with E-state index in [1.807, 2.05) is 0 Å². The Morgan fingerprint density at radius 1 is 1.47 bits per heavy atom. The zero-order chi connectivity index (χ0) is 11.3. The van der Waals surface area contributed by atoms with Gasteiger partial charge in [0, 0.05) is 25.2 Å². The monoisotopic (exact) mass is 208 g/mol. The Kier molecular flexibility index (Phi) is 4.37. The van der Waals surface area contributed by atoms with Crippen LogP contribution in [0.15, 0.2) is 29.2 Å². The van der Waals surface area contributed by atoms with E-state index in [4.69, 9.17) is 11.5 Å². The fourth-order valence-electron chi connectivity index (χ4n) is 1.61. The summed E-state index contributed by atoms with van der Waals surface area (Å²) in [6.45, 7) is 9.38. The summed E-state index contributed by atoms with van der Waals surface area (Å²) in [5.41, 5.74) is 12.8. The van der Waals surface area contributed by atoms with Crippen LogP contribution in [0.2, 0.25) is 0 Å². The van der Waals surface area contributed by atoms with E-state index in [1.54, 1.807) is 0 Å². The highest BCUT2D eigenvalue weighted by Gasteiger charge is 2.13. The van der Waals surface area contributed by atoms with Gasteiger partial charge in [-0.25, -0.2) is 0 Å². The molecule has 0 atom stereocenters. The van der Waals surface area contributed by atoms with Gasteiger partial charge in [-0.05, 0) is 18.5 Å². The highest BCUT2D eigenvalue weighted by molar-refractivity contribution is 6.00. The van der Waals surface area contributed by atoms with Crippen molar-refractivity contribution in [3.8, 4) is 0 Å². The third kappa shape index (κ3) is 3.75. The first-order valence-corrected chi connectivity index (χ1v) is 5.31. The second-order valence-corrected chi connectivity index (χ2v) is 3.74. The van der Waals surface area contributed by atoms with Crippen LogP contribution in [-0.2, 0) is 0 Å². The largest absolute Gasteiger partial charge is 0.384 e. The fraction of sp³-hybridized carbons (Fsp3) is 0.545. The molecule has 1 saturated heterocycles. The molecule has 0 aromatic rings. The lowest BCUT2D eigenvalue weighted by atomic mass is 10.1. The van der Waals surface area contributed by atoms with E-state index in [1.165, 1.54) is 6.20 Å². The summed E-state index contributed by atoms with van der Waals surface area (Å²) in [7, 11) is 0. The highest BCUT2D eigenvalue weighted by Crippen LogP contribution is 2.12. The molecule has 4 N–H and O–H groups in total. The summed E-state index contributed by atoms with van der Waals surface area (Å²) < 4.78 is 0. The summed E-state index contributed by atoms with van der Waals surface area (Å²) >= 11 is 0. The number of rotatable bonds is 2. The molecular formula is C11H20N4. The van der Waals surface area contributed by atoms with E-state index >= 15 is 0 Å². The van der Waals surface area contributed by atoms with E-state index in [9.17, 15) is 0 Å². The van der Waals surface area contributed by atoms with Crippen LogP contribution < -0.4 is 11.5 Å². The third-order valence-electron chi connectivity index (χ3n) is 2.62. The summed E-state index contributed by atoms with van der Waals surface area (Å²) in [6, 6.07) is 0. The molecule has 15 heavy (non-hydrogen) atoms. The van der Waals surface area contributed by atoms with Crippen LogP contribution in [0, 0.1) is 0 Å². The summed E-state index contributed by atoms with van der Waals surface area (Å²) in [4.78, 5) is 6.66. The first-order valence-electron chi connectivity index (χ1n) is 5.31. The predicted octanol–water partition coefficient (Wildman–Crippen LogP) is 0.816. The number of hydrogen-bond acceptors (Lipinski definition) is 4. The lowest BCUT2D eigenvalue weighted by Gasteiger charge is -2.15. The molecule has 4 heteroatoms. The molecule has 1 fully saturated rings. The van der Waals surface area contributed by atoms with Gasteiger partial charge < -0.3 is 16.4 Å². The first kappa shape index (κ1) is 11.8. The van der Waals surface area contributed by atoms with Crippen molar-refractivity contribution in [2.45, 2.75) is 19.8 Å². The maximum absolute atomic E-state index is 5.34. The van der Waals surface area contributed by atoms with E-state index in [2.05, 4.69) is 23.4 Å². The van der Waals surface area contributed by atoms with Gasteiger partial charge in [-0.15, -0.1) is 0 Å². The quantitative estimate of drug-likeness (QED) is 0.706. The van der Waals surface area contributed by atoms with Gasteiger partial charge in [-0.3, -0.25) is 4.99 Å². The van der Waals surface area contributed by atoms with Gasteiger partial charge in [0.15, 0.2) is 0 Å². The lowest BCUT2D eigenvalue weighted by Crippen LogP contribution is -2.24. The molecular weight excluding hydrogens is 188 g/mol. The fourth-order valence-corrected chi connectivity index (χ4v) is 1.61. The van der Waals surface area contributed by atoms with Crippen molar-refractivity contribution in [2.75, 3.05) is 19.6 Å². The maximum Gasteiger partial charge on any atom is 0.112 e. The molecule has 0 saturated carbocycles. The van der Waals surface area contributed by atoms with E-state index in [0.717, 1.165) is 43.8 Å². The zero-order valence-electron chi connectivity index (χ0n) is 9.37. The predicted molar refractivity (Wildman–Crippen MR) is 64.4 cm³/mol. The molecule has 0 amide bonds. The van der Waals surface area contributed by atoms with Crippen molar-refractivity contribution in [1.82, 2.24) is 4.90 Å². The molecule has 0 spiro atoms. The molecule has 0 aromatic carbocycles. The van der Waals surface area contributed by atoms with Gasteiger partial charge in [-0.1, -0.05) is 13.5 Å². The van der Waals surface area contributed by atoms with Crippen molar-refractivity contribution < 1.29 is 0 Å². The Balaban J connectivity index is 2.69. The number of nitrogens with zero attached hydrogens (tertiary/aromatic N) is 2. The van der Waals surface area contributed by atoms with Crippen molar-refractivity contribution in [1.29, 1.82) is 0 Å². The minimum atomic E-state index is 0.242. The average Bonchev–Trinajstić information content (AvgIpc) is 2.37. The molecule has 1 heterocycles. The van der Waals surface area contributed by atoms with Crippen molar-refractivity contribution >= 4 is 5.71 Å². The summed E-state index contributed by atoms with van der Waals surface area (Å²) in [5, 5.41) is 0. The Morgan fingerprint density at radius 3 is 2.73 bits per heavy atom. The van der Waals surface area contributed by atoms with E-state index in [0.29, 0.717) is 0 Å². The van der Waals surface area contributed by atoms with Gasteiger partial charge in [-0.2, -0.15) is 0 Å². The lowest BCUT2D eigenvalue weighted by molar-refractivity contribution is 0.307. The highest BCUT2D eigenvalue weighted by atomic mass is 15.1. The second-order valence-electron chi connectivity index (χ2n) is 3.74. The number of aliphatic imine (C=N–C) groups is 1. The Labute approximate surface area is 91.3 Å². The standard InChI is InChI=1S/C11H20N4/c1-3-15-6-4-9(2)10(5-7-15)14-8-11(12)13/h8H,2-7,12-13H2,1H3. The maximum atomic E-state index is 5.34. The molecule has 0 aromatic heterocycles. The molecule has 1 aliphatic heterocycles. The minimum Gasteiger partial charge on any atom is -0.384 e. The number of hydrogen-bond donors (Lipinski definition) is 2. The number of likely N-dealkylation sites (tertiary alicyclic amines) is 1. The molecule has 0 bridgehead atoms. The smallest absolute Gasteiger partial charge is 0.112 e. The molecule has 0 unspecified atom stereocenters. The van der Waals surface area contributed by atoms with Gasteiger partial charge in [0.1, 0.15) is 5.82 Å². The van der Waals surface area contributed by atoms with Crippen molar-refractivity contribution in [3.05, 3.63) is 24.2 Å². The van der Waals surface area contributed by atoms with Crippen LogP contribution in [0.4, 0.5) is 0 Å². The molecule has 1 aliphatic rings. The van der Waals surface area contributed by atoms with Gasteiger partial charge >= 0.3 is 0 Å². The van der Waals surface area contributed by atoms with Gasteiger partial charge in [0.25, 0.3) is 0 Å². The van der Waals surface area contributed by atoms with Crippen molar-refractivity contribution in [3.63, 3.8) is 0 Å². The number of nitrogens with two attached hydrogens (primary N) is 2. The summed E-state index contributed by atoms with van der Waals surface area (Å²) in [6.07, 6.45) is 3.41. The Morgan fingerprint density at radius 2 is 2.13 bits per heavy atom. The van der Waals surface area contributed by atoms with Gasteiger partial charge in [0.05, 0.1) is 6.20 Å². The zero-order valence-corrected chi connectivity index (χ0v) is 9.37. The molecule has 84 valence electrons. The molecule has 1 rings (SSSR count). The molecule has 4 nitrogen and oxygen atoms in total. The normalized spacial score (nSPS) is 21.4. The van der Waals surface area contributed by atoms with Crippen LogP contribution in [0.1, 0.15) is 19.8 Å². The Hall–Kier alpha value is -1.29. The van der Waals surface area contributed by atoms with Crippen molar-refractivity contribution in [2.24, 2.45) is 16.5 Å². The molecule has 0 radical (unpaired) electrons. The SMILES string of the molecule is C=C1CCN(CC)CCC1=NC=C(N)N. The summed E-state index contributed by atoms with van der Waals surface area (Å²) in [5.74, 6) is 0.242. The van der Waals surface area contributed by atoms with Crippen LogP contribution in [0.25, 0.3) is 0 Å². The van der Waals surface area contributed by atoms with Crippen LogP contribution in [0.5, 0.6) is 0 Å².